The van der Waals surface area contributed by atoms with Crippen LogP contribution in [0.3, 0.4) is 0 Å². The average molecular weight is 395 g/mol. The van der Waals surface area contributed by atoms with Crippen molar-refractivity contribution in [3.8, 4) is 0 Å². The molecule has 3 rings (SSSR count). The molecular weight excluding hydrogens is 360 g/mol. The Balaban J connectivity index is 1.65. The molecule has 1 fully saturated rings. The lowest BCUT2D eigenvalue weighted by atomic mass is 9.92. The lowest BCUT2D eigenvalue weighted by molar-refractivity contribution is -0.122. The maximum atomic E-state index is 12.1. The van der Waals surface area contributed by atoms with Crippen LogP contribution < -0.4 is 5.32 Å². The standard InChI is InChI=1S/C24H34N4O/c1-5-8-21(13-16-28-19(4)26-22-9-6-7-10-23(22)28)27-14-11-20(12-15-27)17-24(29)25-18(2)3/h6-10,13,16,18,20H,5,11-12,14-15,17H2,1-4H3,(H,25,29)/b16-13-,21-8-. The first kappa shape index (κ1) is 21.2. The molecule has 5 nitrogen and oxygen atoms in total. The number of likely N-dealkylation sites (tertiary alicyclic amines) is 1. The largest absolute Gasteiger partial charge is 0.372 e. The molecule has 1 aliphatic heterocycles. The molecule has 2 heterocycles. The quantitative estimate of drug-likeness (QED) is 0.690. The van der Waals surface area contributed by atoms with Gasteiger partial charge in [-0.05, 0) is 64.2 Å². The molecular formula is C24H34N4O. The normalized spacial score (nSPS) is 16.3. The Kier molecular flexibility index (Phi) is 7.13. The summed E-state index contributed by atoms with van der Waals surface area (Å²) in [6.45, 7) is 10.2. The number of piperidine rings is 1. The minimum atomic E-state index is 0.185. The zero-order valence-electron chi connectivity index (χ0n) is 18.2. The molecule has 1 aliphatic rings. The number of aryl methyl sites for hydroxylation is 1. The number of aromatic nitrogens is 2. The molecule has 29 heavy (non-hydrogen) atoms. The van der Waals surface area contributed by atoms with E-state index in [0.29, 0.717) is 12.3 Å². The van der Waals surface area contributed by atoms with Crippen LogP contribution in [-0.4, -0.2) is 39.5 Å². The monoisotopic (exact) mass is 394 g/mol. The number of benzene rings is 1. The van der Waals surface area contributed by atoms with Gasteiger partial charge in [-0.3, -0.25) is 4.79 Å². The summed E-state index contributed by atoms with van der Waals surface area (Å²) >= 11 is 0. The smallest absolute Gasteiger partial charge is 0.220 e. The van der Waals surface area contributed by atoms with Gasteiger partial charge in [0.1, 0.15) is 5.82 Å². The Bertz CT molecular complexity index is 885. The zero-order chi connectivity index (χ0) is 20.8. The lowest BCUT2D eigenvalue weighted by Crippen LogP contribution is -2.36. The molecule has 1 saturated heterocycles. The van der Waals surface area contributed by atoms with E-state index in [0.717, 1.165) is 49.2 Å². The molecule has 156 valence electrons. The van der Waals surface area contributed by atoms with Crippen LogP contribution >= 0.6 is 0 Å². The highest BCUT2D eigenvalue weighted by Crippen LogP contribution is 2.24. The maximum absolute atomic E-state index is 12.1. The number of fused-ring (bicyclic) bond motifs is 1. The second-order valence-electron chi connectivity index (χ2n) is 8.23. The summed E-state index contributed by atoms with van der Waals surface area (Å²) in [5.41, 5.74) is 3.41. The maximum Gasteiger partial charge on any atom is 0.220 e. The number of carbonyl (C=O) groups is 1. The molecule has 1 amide bonds. The van der Waals surface area contributed by atoms with E-state index in [-0.39, 0.29) is 11.9 Å². The van der Waals surface area contributed by atoms with E-state index < -0.39 is 0 Å². The van der Waals surface area contributed by atoms with Gasteiger partial charge in [-0.2, -0.15) is 0 Å². The van der Waals surface area contributed by atoms with Crippen LogP contribution in [0.5, 0.6) is 0 Å². The summed E-state index contributed by atoms with van der Waals surface area (Å²) < 4.78 is 2.15. The number of hydrogen-bond donors (Lipinski definition) is 1. The number of hydrogen-bond acceptors (Lipinski definition) is 3. The van der Waals surface area contributed by atoms with Crippen LogP contribution in [-0.2, 0) is 4.79 Å². The second kappa shape index (κ2) is 9.77. The SMILES string of the molecule is CC/C=C(/C=C\n1c(C)nc2ccccc21)N1CCC(CC(=O)NC(C)C)CC1. The highest BCUT2D eigenvalue weighted by molar-refractivity contribution is 5.78. The highest BCUT2D eigenvalue weighted by Gasteiger charge is 2.22. The Morgan fingerprint density at radius 3 is 2.69 bits per heavy atom. The Labute approximate surface area is 174 Å². The van der Waals surface area contributed by atoms with Gasteiger partial charge in [-0.25, -0.2) is 4.98 Å². The van der Waals surface area contributed by atoms with Crippen LogP contribution in [0.25, 0.3) is 17.2 Å². The number of imidazole rings is 1. The first-order valence-electron chi connectivity index (χ1n) is 10.8. The molecule has 2 aromatic rings. The van der Waals surface area contributed by atoms with Crippen molar-refractivity contribution in [2.24, 2.45) is 5.92 Å². The summed E-state index contributed by atoms with van der Waals surface area (Å²) in [6.07, 6.45) is 10.4. The van der Waals surface area contributed by atoms with Gasteiger partial charge >= 0.3 is 0 Å². The number of carbonyl (C=O) groups excluding carboxylic acids is 1. The summed E-state index contributed by atoms with van der Waals surface area (Å²) in [7, 11) is 0. The van der Waals surface area contributed by atoms with E-state index in [4.69, 9.17) is 0 Å². The van der Waals surface area contributed by atoms with Crippen LogP contribution in [0.15, 0.2) is 42.1 Å². The van der Waals surface area contributed by atoms with Gasteiger partial charge in [0.05, 0.1) is 11.0 Å². The molecule has 1 aromatic heterocycles. The molecule has 0 unspecified atom stereocenters. The Morgan fingerprint density at radius 1 is 1.28 bits per heavy atom. The first-order valence-corrected chi connectivity index (χ1v) is 10.8. The highest BCUT2D eigenvalue weighted by atomic mass is 16.1. The van der Waals surface area contributed by atoms with E-state index in [2.05, 4.69) is 63.2 Å². The van der Waals surface area contributed by atoms with Gasteiger partial charge in [0.15, 0.2) is 0 Å². The molecule has 5 heteroatoms. The molecule has 0 saturated carbocycles. The molecule has 0 bridgehead atoms. The molecule has 1 aromatic carbocycles. The minimum absolute atomic E-state index is 0.185. The molecule has 0 spiro atoms. The molecule has 1 N–H and O–H groups in total. The van der Waals surface area contributed by atoms with Crippen molar-refractivity contribution >= 4 is 23.1 Å². The van der Waals surface area contributed by atoms with Crippen LogP contribution in [0, 0.1) is 12.8 Å². The fraction of sp³-hybridized carbons (Fsp3) is 0.500. The minimum Gasteiger partial charge on any atom is -0.372 e. The van der Waals surface area contributed by atoms with Gasteiger partial charge in [0, 0.05) is 37.4 Å². The summed E-state index contributed by atoms with van der Waals surface area (Å²) in [5.74, 6) is 1.66. The number of rotatable bonds is 7. The number of para-hydroxylation sites is 2. The third-order valence-corrected chi connectivity index (χ3v) is 5.48. The zero-order valence-corrected chi connectivity index (χ0v) is 18.2. The number of nitrogens with one attached hydrogen (secondary N) is 1. The lowest BCUT2D eigenvalue weighted by Gasteiger charge is -2.34. The molecule has 0 atom stereocenters. The fourth-order valence-electron chi connectivity index (χ4n) is 4.05. The van der Waals surface area contributed by atoms with E-state index in [9.17, 15) is 4.79 Å². The van der Waals surface area contributed by atoms with Gasteiger partial charge in [0.25, 0.3) is 0 Å². The topological polar surface area (TPSA) is 50.2 Å². The number of amides is 1. The van der Waals surface area contributed by atoms with Crippen molar-refractivity contribution < 1.29 is 4.79 Å². The van der Waals surface area contributed by atoms with Gasteiger partial charge in [-0.15, -0.1) is 0 Å². The molecule has 0 aliphatic carbocycles. The van der Waals surface area contributed by atoms with Gasteiger partial charge in [-0.1, -0.05) is 25.1 Å². The Morgan fingerprint density at radius 2 is 2.00 bits per heavy atom. The van der Waals surface area contributed by atoms with Crippen LogP contribution in [0.2, 0.25) is 0 Å². The second-order valence-corrected chi connectivity index (χ2v) is 8.23. The molecule has 0 radical (unpaired) electrons. The van der Waals surface area contributed by atoms with E-state index in [1.807, 2.05) is 26.8 Å². The van der Waals surface area contributed by atoms with Crippen LogP contribution in [0.1, 0.15) is 52.3 Å². The van der Waals surface area contributed by atoms with Gasteiger partial charge < -0.3 is 14.8 Å². The number of allylic oxidation sites excluding steroid dienone is 2. The van der Waals surface area contributed by atoms with Crippen molar-refractivity contribution in [3.05, 3.63) is 47.9 Å². The van der Waals surface area contributed by atoms with Crippen molar-refractivity contribution in [2.75, 3.05) is 13.1 Å². The van der Waals surface area contributed by atoms with Crippen LogP contribution in [0.4, 0.5) is 0 Å². The van der Waals surface area contributed by atoms with Crippen molar-refractivity contribution in [1.29, 1.82) is 0 Å². The van der Waals surface area contributed by atoms with E-state index >= 15 is 0 Å². The summed E-state index contributed by atoms with van der Waals surface area (Å²) in [4.78, 5) is 19.2. The predicted octanol–water partition coefficient (Wildman–Crippen LogP) is 4.74. The summed E-state index contributed by atoms with van der Waals surface area (Å²) in [5, 5.41) is 3.02. The predicted molar refractivity (Wildman–Crippen MR) is 120 cm³/mol. The fourth-order valence-corrected chi connectivity index (χ4v) is 4.05. The van der Waals surface area contributed by atoms with Crippen molar-refractivity contribution in [1.82, 2.24) is 19.8 Å². The third-order valence-electron chi connectivity index (χ3n) is 5.48. The van der Waals surface area contributed by atoms with Crippen molar-refractivity contribution in [2.45, 2.75) is 59.4 Å². The third kappa shape index (κ3) is 5.49. The Hall–Kier alpha value is -2.56. The van der Waals surface area contributed by atoms with E-state index in [1.165, 1.54) is 5.70 Å². The van der Waals surface area contributed by atoms with Crippen molar-refractivity contribution in [3.63, 3.8) is 0 Å². The van der Waals surface area contributed by atoms with E-state index in [1.54, 1.807) is 0 Å². The first-order chi connectivity index (χ1) is 14.0. The average Bonchev–Trinajstić information content (AvgIpc) is 3.00. The summed E-state index contributed by atoms with van der Waals surface area (Å²) in [6, 6.07) is 8.45. The number of nitrogens with zero attached hydrogens (tertiary/aromatic N) is 3. The van der Waals surface area contributed by atoms with Gasteiger partial charge in [0.2, 0.25) is 5.91 Å².